The van der Waals surface area contributed by atoms with Crippen molar-refractivity contribution in [2.45, 2.75) is 37.0 Å². The molecule has 1 aliphatic rings. The van der Waals surface area contributed by atoms with Gasteiger partial charge in [0.1, 0.15) is 0 Å². The fourth-order valence-corrected chi connectivity index (χ4v) is 5.04. The molecule has 4 rings (SSSR count). The van der Waals surface area contributed by atoms with E-state index in [4.69, 9.17) is 12.2 Å². The van der Waals surface area contributed by atoms with Crippen molar-refractivity contribution in [1.29, 1.82) is 0 Å². The van der Waals surface area contributed by atoms with Crippen LogP contribution >= 0.6 is 24.0 Å². The fraction of sp³-hybridized carbons (Fsp3) is 0.296. The minimum atomic E-state index is 0.644. The highest BCUT2D eigenvalue weighted by Gasteiger charge is 2.16. The second-order valence-corrected chi connectivity index (χ2v) is 9.92. The molecule has 1 aliphatic heterocycles. The highest BCUT2D eigenvalue weighted by Crippen LogP contribution is 2.24. The molecule has 5 heteroatoms. The van der Waals surface area contributed by atoms with Crippen LogP contribution in [0.3, 0.4) is 0 Å². The van der Waals surface area contributed by atoms with E-state index in [1.54, 1.807) is 0 Å². The first-order chi connectivity index (χ1) is 15.7. The number of nitrogens with zero attached hydrogens (tertiary/aromatic N) is 1. The first-order valence-electron chi connectivity index (χ1n) is 11.3. The Hall–Kier alpha value is -2.50. The average molecular weight is 462 g/mol. The monoisotopic (exact) mass is 461 g/mol. The molecule has 1 fully saturated rings. The van der Waals surface area contributed by atoms with Crippen LogP contribution < -0.4 is 15.5 Å². The second kappa shape index (κ2) is 11.4. The topological polar surface area (TPSA) is 27.3 Å². The molecule has 166 valence electrons. The molecular weight excluding hydrogens is 430 g/mol. The molecule has 0 aliphatic carbocycles. The molecule has 3 nitrogen and oxygen atoms in total. The molecule has 32 heavy (non-hydrogen) atoms. The molecule has 0 spiro atoms. The van der Waals surface area contributed by atoms with Crippen LogP contribution in [-0.4, -0.2) is 18.2 Å². The summed E-state index contributed by atoms with van der Waals surface area (Å²) in [6.45, 7) is 5.39. The first kappa shape index (κ1) is 22.7. The number of hydrogen-bond donors (Lipinski definition) is 2. The third kappa shape index (κ3) is 6.75. The van der Waals surface area contributed by atoms with Crippen LogP contribution in [0.4, 0.5) is 11.4 Å². The van der Waals surface area contributed by atoms with Gasteiger partial charge in [0, 0.05) is 41.7 Å². The molecule has 3 aromatic carbocycles. The third-order valence-electron chi connectivity index (χ3n) is 5.77. The van der Waals surface area contributed by atoms with E-state index in [2.05, 4.69) is 95.3 Å². The molecule has 0 bridgehead atoms. The summed E-state index contributed by atoms with van der Waals surface area (Å²) in [5, 5.41) is 7.25. The number of hydrogen-bond acceptors (Lipinski definition) is 3. The smallest absolute Gasteiger partial charge is 0.171 e. The Labute approximate surface area is 201 Å². The Bertz CT molecular complexity index is 988. The molecule has 0 saturated carbocycles. The SMILES string of the molecule is C[C@H]1CCCN(c2ccc(CNC(=S)Nc3ccc(CSc4ccccc4)cc3)cc2)C1. The van der Waals surface area contributed by atoms with Gasteiger partial charge in [-0.2, -0.15) is 0 Å². The Morgan fingerprint density at radius 3 is 2.41 bits per heavy atom. The van der Waals surface area contributed by atoms with Crippen molar-refractivity contribution in [2.75, 3.05) is 23.3 Å². The molecule has 1 heterocycles. The van der Waals surface area contributed by atoms with Crippen LogP contribution in [-0.2, 0) is 12.3 Å². The molecule has 0 unspecified atom stereocenters. The summed E-state index contributed by atoms with van der Waals surface area (Å²) < 4.78 is 0. The zero-order valence-corrected chi connectivity index (χ0v) is 20.2. The standard InChI is InChI=1S/C27H31N3S2/c1-21-6-5-17-30(19-21)25-15-11-22(12-16-25)18-28-27(31)29-24-13-9-23(10-14-24)20-32-26-7-3-2-4-8-26/h2-4,7-16,21H,5-6,17-20H2,1H3,(H2,28,29,31)/t21-/m0/s1. The summed E-state index contributed by atoms with van der Waals surface area (Å²) in [6.07, 6.45) is 2.63. The van der Waals surface area contributed by atoms with E-state index in [0.717, 1.165) is 23.9 Å². The van der Waals surface area contributed by atoms with E-state index in [-0.39, 0.29) is 0 Å². The molecular formula is C27H31N3S2. The van der Waals surface area contributed by atoms with Crippen LogP contribution in [0.1, 0.15) is 30.9 Å². The normalized spacial score (nSPS) is 15.9. The van der Waals surface area contributed by atoms with Crippen molar-refractivity contribution >= 4 is 40.5 Å². The molecule has 0 radical (unpaired) electrons. The molecule has 1 atom stereocenters. The van der Waals surface area contributed by atoms with Gasteiger partial charge in [0.05, 0.1) is 0 Å². The minimum absolute atomic E-state index is 0.644. The maximum atomic E-state index is 5.49. The van der Waals surface area contributed by atoms with Crippen LogP contribution in [0.5, 0.6) is 0 Å². The van der Waals surface area contributed by atoms with Gasteiger partial charge in [-0.3, -0.25) is 0 Å². The van der Waals surface area contributed by atoms with Gasteiger partial charge in [0.15, 0.2) is 5.11 Å². The van der Waals surface area contributed by atoms with Gasteiger partial charge in [-0.25, -0.2) is 0 Å². The maximum absolute atomic E-state index is 5.49. The summed E-state index contributed by atoms with van der Waals surface area (Å²) >= 11 is 7.34. The number of piperidine rings is 1. The van der Waals surface area contributed by atoms with Crippen LogP contribution in [0.2, 0.25) is 0 Å². The summed E-state index contributed by atoms with van der Waals surface area (Å²) in [4.78, 5) is 3.79. The second-order valence-electron chi connectivity index (χ2n) is 8.47. The van der Waals surface area contributed by atoms with Crippen LogP contribution in [0.25, 0.3) is 0 Å². The number of rotatable bonds is 7. The molecule has 0 amide bonds. The van der Waals surface area contributed by atoms with Gasteiger partial charge < -0.3 is 15.5 Å². The number of nitrogens with one attached hydrogen (secondary N) is 2. The number of benzene rings is 3. The van der Waals surface area contributed by atoms with E-state index in [0.29, 0.717) is 11.7 Å². The quantitative estimate of drug-likeness (QED) is 0.302. The van der Waals surface area contributed by atoms with Gasteiger partial charge in [0.25, 0.3) is 0 Å². The predicted octanol–water partition coefficient (Wildman–Crippen LogP) is 6.70. The predicted molar refractivity (Wildman–Crippen MR) is 143 cm³/mol. The zero-order valence-electron chi connectivity index (χ0n) is 18.6. The van der Waals surface area contributed by atoms with Gasteiger partial charge >= 0.3 is 0 Å². The number of thiocarbonyl (C=S) groups is 1. The lowest BCUT2D eigenvalue weighted by Gasteiger charge is -2.32. The molecule has 2 N–H and O–H groups in total. The van der Waals surface area contributed by atoms with E-state index in [9.17, 15) is 0 Å². The van der Waals surface area contributed by atoms with Crippen molar-refractivity contribution in [3.05, 3.63) is 90.0 Å². The zero-order chi connectivity index (χ0) is 22.2. The molecule has 0 aromatic heterocycles. The van der Waals surface area contributed by atoms with Gasteiger partial charge in [-0.15, -0.1) is 11.8 Å². The summed E-state index contributed by atoms with van der Waals surface area (Å²) in [5.74, 6) is 1.74. The Morgan fingerprint density at radius 2 is 1.69 bits per heavy atom. The van der Waals surface area contributed by atoms with E-state index < -0.39 is 0 Å². The van der Waals surface area contributed by atoms with Gasteiger partial charge in [-0.1, -0.05) is 49.4 Å². The van der Waals surface area contributed by atoms with Crippen molar-refractivity contribution in [3.63, 3.8) is 0 Å². The lowest BCUT2D eigenvalue weighted by atomic mass is 9.99. The van der Waals surface area contributed by atoms with Crippen molar-refractivity contribution in [3.8, 4) is 0 Å². The third-order valence-corrected chi connectivity index (χ3v) is 7.10. The Morgan fingerprint density at radius 1 is 0.969 bits per heavy atom. The molecule has 1 saturated heterocycles. The number of anilines is 2. The summed E-state index contributed by atoms with van der Waals surface area (Å²) in [5.41, 5.74) is 4.86. The van der Waals surface area contributed by atoms with Crippen LogP contribution in [0.15, 0.2) is 83.8 Å². The highest BCUT2D eigenvalue weighted by atomic mass is 32.2. The maximum Gasteiger partial charge on any atom is 0.171 e. The van der Waals surface area contributed by atoms with Gasteiger partial charge in [0.2, 0.25) is 0 Å². The average Bonchev–Trinajstić information content (AvgIpc) is 2.83. The van der Waals surface area contributed by atoms with Crippen molar-refractivity contribution < 1.29 is 0 Å². The van der Waals surface area contributed by atoms with Crippen molar-refractivity contribution in [2.24, 2.45) is 5.92 Å². The van der Waals surface area contributed by atoms with Gasteiger partial charge in [-0.05, 0) is 78.5 Å². The molecule has 3 aromatic rings. The lowest BCUT2D eigenvalue weighted by molar-refractivity contribution is 0.447. The number of thioether (sulfide) groups is 1. The van der Waals surface area contributed by atoms with E-state index in [1.807, 2.05) is 17.8 Å². The van der Waals surface area contributed by atoms with Crippen LogP contribution in [0, 0.1) is 5.92 Å². The largest absolute Gasteiger partial charge is 0.371 e. The van der Waals surface area contributed by atoms with E-state index >= 15 is 0 Å². The fourth-order valence-electron chi connectivity index (χ4n) is 3.97. The minimum Gasteiger partial charge on any atom is -0.371 e. The summed E-state index contributed by atoms with van der Waals surface area (Å²) in [7, 11) is 0. The summed E-state index contributed by atoms with van der Waals surface area (Å²) in [6, 6.07) is 27.8. The first-order valence-corrected chi connectivity index (χ1v) is 12.7. The van der Waals surface area contributed by atoms with Crippen molar-refractivity contribution in [1.82, 2.24) is 5.32 Å². The Kier molecular flexibility index (Phi) is 8.07. The Balaban J connectivity index is 1.21. The lowest BCUT2D eigenvalue weighted by Crippen LogP contribution is -2.34. The van der Waals surface area contributed by atoms with E-state index in [1.165, 1.54) is 41.1 Å². The highest BCUT2D eigenvalue weighted by molar-refractivity contribution is 7.98.